The van der Waals surface area contributed by atoms with Crippen LogP contribution in [-0.2, 0) is 9.59 Å². The third-order valence-electron chi connectivity index (χ3n) is 6.45. The lowest BCUT2D eigenvalue weighted by Crippen LogP contribution is -2.46. The third kappa shape index (κ3) is 6.23. The van der Waals surface area contributed by atoms with E-state index in [0.29, 0.717) is 11.8 Å². The molecule has 1 aliphatic heterocycles. The molecule has 3 aliphatic rings. The molecule has 6 heteroatoms. The van der Waals surface area contributed by atoms with Gasteiger partial charge in [0.1, 0.15) is 12.1 Å². The van der Waals surface area contributed by atoms with Crippen molar-refractivity contribution in [1.82, 2.24) is 5.32 Å². The minimum Gasteiger partial charge on any atom is -0.480 e. The number of hydrogen-bond acceptors (Lipinski definition) is 4. The zero-order chi connectivity index (χ0) is 18.9. The summed E-state index contributed by atoms with van der Waals surface area (Å²) in [5.74, 6) is -0.164. The van der Waals surface area contributed by atoms with Gasteiger partial charge in [0.15, 0.2) is 0 Å². The van der Waals surface area contributed by atoms with E-state index in [2.05, 4.69) is 5.32 Å². The van der Waals surface area contributed by atoms with Crippen LogP contribution in [0.15, 0.2) is 0 Å². The van der Waals surface area contributed by atoms with Gasteiger partial charge >= 0.3 is 11.9 Å². The number of carboxylic acid groups (broad SMARTS) is 2. The van der Waals surface area contributed by atoms with E-state index in [9.17, 15) is 14.7 Å². The smallest absolute Gasteiger partial charge is 0.320 e. The Bertz CT molecular complexity index is 421. The molecule has 2 saturated carbocycles. The zero-order valence-corrected chi connectivity index (χ0v) is 15.9. The van der Waals surface area contributed by atoms with Crippen molar-refractivity contribution < 1.29 is 19.8 Å². The maximum absolute atomic E-state index is 11.3. The van der Waals surface area contributed by atoms with Crippen LogP contribution in [0.25, 0.3) is 0 Å². The lowest BCUT2D eigenvalue weighted by Gasteiger charge is -2.39. The van der Waals surface area contributed by atoms with Crippen molar-refractivity contribution in [2.45, 2.75) is 89.1 Å². The number of aliphatic carboxylic acids is 2. The Hall–Kier alpha value is -1.14. The van der Waals surface area contributed by atoms with E-state index in [1.54, 1.807) is 0 Å². The van der Waals surface area contributed by atoms with E-state index < -0.39 is 18.0 Å². The van der Waals surface area contributed by atoms with E-state index in [-0.39, 0.29) is 12.0 Å². The minimum absolute atomic E-state index is 0.225. The third-order valence-corrected chi connectivity index (χ3v) is 6.45. The summed E-state index contributed by atoms with van der Waals surface area (Å²) in [5.41, 5.74) is 6.02. The highest BCUT2D eigenvalue weighted by Gasteiger charge is 2.38. The molecule has 3 rings (SSSR count). The number of rotatable bonds is 5. The largest absolute Gasteiger partial charge is 0.480 e. The SMILES string of the molecule is N[C@H](C(=O)O)C(C1CCCCC1)C1CCCCC1.O=C(O)[C@@H]1CCCN1. The number of hydrogen-bond donors (Lipinski definition) is 4. The Morgan fingerprint density at radius 1 is 0.808 bits per heavy atom. The van der Waals surface area contributed by atoms with Gasteiger partial charge in [0.2, 0.25) is 0 Å². The Morgan fingerprint density at radius 3 is 1.62 bits per heavy atom. The maximum Gasteiger partial charge on any atom is 0.320 e. The molecule has 0 radical (unpaired) electrons. The summed E-state index contributed by atoms with van der Waals surface area (Å²) in [7, 11) is 0. The Morgan fingerprint density at radius 2 is 1.31 bits per heavy atom. The van der Waals surface area contributed by atoms with Crippen LogP contribution in [0.1, 0.15) is 77.0 Å². The number of carboxylic acids is 2. The van der Waals surface area contributed by atoms with Gasteiger partial charge in [-0.2, -0.15) is 0 Å². The Balaban J connectivity index is 0.000000254. The molecule has 0 aromatic rings. The summed E-state index contributed by atoms with van der Waals surface area (Å²) in [6.45, 7) is 0.858. The van der Waals surface area contributed by atoms with Crippen molar-refractivity contribution >= 4 is 11.9 Å². The molecular formula is C20H36N2O4. The first-order valence-electron chi connectivity index (χ1n) is 10.4. The molecule has 0 bridgehead atoms. The van der Waals surface area contributed by atoms with E-state index in [1.165, 1.54) is 64.2 Å². The van der Waals surface area contributed by atoms with Crippen molar-refractivity contribution in [3.63, 3.8) is 0 Å². The number of nitrogens with two attached hydrogens (primary N) is 1. The fourth-order valence-corrected chi connectivity index (χ4v) is 5.07. The van der Waals surface area contributed by atoms with E-state index in [1.807, 2.05) is 0 Å². The predicted molar refractivity (Wildman–Crippen MR) is 101 cm³/mol. The first-order chi connectivity index (χ1) is 12.5. The number of nitrogens with one attached hydrogen (secondary N) is 1. The van der Waals surface area contributed by atoms with Gasteiger partial charge < -0.3 is 21.3 Å². The van der Waals surface area contributed by atoms with Crippen LogP contribution in [0, 0.1) is 17.8 Å². The second-order valence-corrected chi connectivity index (χ2v) is 8.22. The average molecular weight is 369 g/mol. The maximum atomic E-state index is 11.3. The summed E-state index contributed by atoms with van der Waals surface area (Å²) in [6.07, 6.45) is 14.3. The summed E-state index contributed by atoms with van der Waals surface area (Å²) in [6, 6.07) is -0.911. The molecule has 1 saturated heterocycles. The van der Waals surface area contributed by atoms with Crippen LogP contribution in [0.2, 0.25) is 0 Å². The van der Waals surface area contributed by atoms with Crippen molar-refractivity contribution in [2.75, 3.05) is 6.54 Å². The molecule has 0 spiro atoms. The first kappa shape index (κ1) is 21.2. The van der Waals surface area contributed by atoms with Crippen LogP contribution in [0.4, 0.5) is 0 Å². The second-order valence-electron chi connectivity index (χ2n) is 8.22. The highest BCUT2D eigenvalue weighted by Crippen LogP contribution is 2.41. The van der Waals surface area contributed by atoms with Gasteiger partial charge in [0, 0.05) is 0 Å². The molecule has 2 atom stereocenters. The van der Waals surface area contributed by atoms with Crippen LogP contribution >= 0.6 is 0 Å². The predicted octanol–water partition coefficient (Wildman–Crippen LogP) is 3.00. The molecule has 3 fully saturated rings. The van der Waals surface area contributed by atoms with Gasteiger partial charge in [-0.05, 0) is 37.1 Å². The summed E-state index contributed by atoms with van der Waals surface area (Å²) in [4.78, 5) is 21.4. The molecule has 2 aliphatic carbocycles. The van der Waals surface area contributed by atoms with Crippen molar-refractivity contribution in [2.24, 2.45) is 23.5 Å². The number of carbonyl (C=O) groups is 2. The van der Waals surface area contributed by atoms with E-state index in [0.717, 1.165) is 19.4 Å². The highest BCUT2D eigenvalue weighted by atomic mass is 16.4. The monoisotopic (exact) mass is 368 g/mol. The fourth-order valence-electron chi connectivity index (χ4n) is 5.07. The van der Waals surface area contributed by atoms with Gasteiger partial charge in [-0.1, -0.05) is 64.2 Å². The molecule has 1 heterocycles. The minimum atomic E-state index is -0.795. The van der Waals surface area contributed by atoms with Gasteiger partial charge in [-0.25, -0.2) is 0 Å². The topological polar surface area (TPSA) is 113 Å². The molecule has 6 nitrogen and oxygen atoms in total. The summed E-state index contributed by atoms with van der Waals surface area (Å²) >= 11 is 0. The Labute approximate surface area is 156 Å². The zero-order valence-electron chi connectivity index (χ0n) is 15.9. The van der Waals surface area contributed by atoms with Crippen molar-refractivity contribution in [3.05, 3.63) is 0 Å². The molecule has 150 valence electrons. The standard InChI is InChI=1S/C15H27NO2.C5H9NO2/c16-14(15(17)18)13(11-7-3-1-4-8-11)12-9-5-2-6-10-12;7-5(8)4-2-1-3-6-4/h11-14H,1-10,16H2,(H,17,18);4,6H,1-3H2,(H,7,8)/t14-;4-/m00/s1. The second kappa shape index (κ2) is 10.9. The van der Waals surface area contributed by atoms with Crippen LogP contribution in [-0.4, -0.2) is 40.8 Å². The summed E-state index contributed by atoms with van der Waals surface area (Å²) < 4.78 is 0. The quantitative estimate of drug-likeness (QED) is 0.593. The molecule has 26 heavy (non-hydrogen) atoms. The van der Waals surface area contributed by atoms with Gasteiger partial charge in [0.05, 0.1) is 0 Å². The molecule has 0 unspecified atom stereocenters. The van der Waals surface area contributed by atoms with E-state index in [4.69, 9.17) is 10.8 Å². The molecular weight excluding hydrogens is 332 g/mol. The lowest BCUT2D eigenvalue weighted by molar-refractivity contribution is -0.141. The van der Waals surface area contributed by atoms with E-state index >= 15 is 0 Å². The molecule has 0 aromatic carbocycles. The van der Waals surface area contributed by atoms with Gasteiger partial charge in [0.25, 0.3) is 0 Å². The van der Waals surface area contributed by atoms with Crippen molar-refractivity contribution in [3.8, 4) is 0 Å². The fraction of sp³-hybridized carbons (Fsp3) is 0.900. The molecule has 0 amide bonds. The lowest BCUT2D eigenvalue weighted by atomic mass is 9.67. The van der Waals surface area contributed by atoms with Gasteiger partial charge in [-0.3, -0.25) is 9.59 Å². The van der Waals surface area contributed by atoms with Crippen molar-refractivity contribution in [1.29, 1.82) is 0 Å². The first-order valence-corrected chi connectivity index (χ1v) is 10.4. The van der Waals surface area contributed by atoms with Crippen LogP contribution in [0.5, 0.6) is 0 Å². The van der Waals surface area contributed by atoms with Gasteiger partial charge in [-0.15, -0.1) is 0 Å². The average Bonchev–Trinajstić information content (AvgIpc) is 3.19. The summed E-state index contributed by atoms with van der Waals surface area (Å²) in [5, 5.41) is 20.5. The molecule has 0 aromatic heterocycles. The molecule has 5 N–H and O–H groups in total. The normalized spacial score (nSPS) is 26.2. The van der Waals surface area contributed by atoms with Crippen LogP contribution < -0.4 is 11.1 Å². The highest BCUT2D eigenvalue weighted by molar-refractivity contribution is 5.74. The van der Waals surface area contributed by atoms with Crippen LogP contribution in [0.3, 0.4) is 0 Å². The Kier molecular flexibility index (Phi) is 8.85.